The third-order valence-corrected chi connectivity index (χ3v) is 3.68. The highest BCUT2D eigenvalue weighted by Crippen LogP contribution is 2.20. The normalized spacial score (nSPS) is 20.0. The average molecular weight is 293 g/mol. The van der Waals surface area contributed by atoms with Gasteiger partial charge in [-0.2, -0.15) is 5.10 Å². The van der Waals surface area contributed by atoms with E-state index in [9.17, 15) is 5.11 Å². The highest BCUT2D eigenvalue weighted by molar-refractivity contribution is 5.86. The molecule has 0 aromatic carbocycles. The second kappa shape index (κ2) is 5.90. The summed E-state index contributed by atoms with van der Waals surface area (Å²) in [6.07, 6.45) is 1.68. The number of nitrogen functional groups attached to an aromatic ring is 1. The predicted octanol–water partition coefficient (Wildman–Crippen LogP) is -1.16. The lowest BCUT2D eigenvalue weighted by Crippen LogP contribution is -2.47. The maximum atomic E-state index is 9.41. The van der Waals surface area contributed by atoms with Crippen molar-refractivity contribution in [1.82, 2.24) is 24.6 Å². The minimum atomic E-state index is -0.0288. The number of nitrogens with two attached hydrogens (primary N) is 1. The first kappa shape index (κ1) is 14.1. The standard InChI is InChI=1S/C12H19N7O2/c1-18-12-9(4-14-18)11(17-13)15-10(16-12)5-19-2-3-21-7-8(19)6-20/h4,8,20H,2-3,5-7,13H2,1H3,(H,15,16,17). The molecule has 1 atom stereocenters. The second-order valence-corrected chi connectivity index (χ2v) is 5.02. The summed E-state index contributed by atoms with van der Waals surface area (Å²) in [7, 11) is 1.82. The van der Waals surface area contributed by atoms with Crippen LogP contribution in [0.1, 0.15) is 5.82 Å². The number of aliphatic hydroxyl groups excluding tert-OH is 1. The quantitative estimate of drug-likeness (QED) is 0.478. The molecule has 0 bridgehead atoms. The molecule has 114 valence electrons. The van der Waals surface area contributed by atoms with Crippen LogP contribution in [0.15, 0.2) is 6.20 Å². The molecule has 9 nitrogen and oxygen atoms in total. The van der Waals surface area contributed by atoms with Crippen LogP contribution in [0.5, 0.6) is 0 Å². The number of anilines is 1. The van der Waals surface area contributed by atoms with E-state index in [0.717, 1.165) is 17.6 Å². The number of hydrogen-bond donors (Lipinski definition) is 3. The van der Waals surface area contributed by atoms with Crippen LogP contribution in [0.4, 0.5) is 5.82 Å². The van der Waals surface area contributed by atoms with E-state index < -0.39 is 0 Å². The summed E-state index contributed by atoms with van der Waals surface area (Å²) >= 11 is 0. The molecule has 3 heterocycles. The number of aryl methyl sites for hydroxylation is 1. The molecule has 21 heavy (non-hydrogen) atoms. The molecule has 0 spiro atoms. The highest BCUT2D eigenvalue weighted by Gasteiger charge is 2.23. The van der Waals surface area contributed by atoms with Crippen molar-refractivity contribution < 1.29 is 9.84 Å². The van der Waals surface area contributed by atoms with E-state index in [-0.39, 0.29) is 12.6 Å². The molecule has 1 saturated heterocycles. The van der Waals surface area contributed by atoms with Crippen LogP contribution in [0.3, 0.4) is 0 Å². The number of aromatic nitrogens is 4. The predicted molar refractivity (Wildman–Crippen MR) is 76.2 cm³/mol. The molecular weight excluding hydrogens is 274 g/mol. The van der Waals surface area contributed by atoms with Crippen molar-refractivity contribution in [2.45, 2.75) is 12.6 Å². The summed E-state index contributed by atoms with van der Waals surface area (Å²) < 4.78 is 7.06. The Labute approximate surface area is 121 Å². The topological polar surface area (TPSA) is 114 Å². The SMILES string of the molecule is Cn1ncc2c(NN)nc(CN3CCOCC3CO)nc21. The number of aliphatic hydroxyl groups is 1. The minimum absolute atomic E-state index is 0.0288. The van der Waals surface area contributed by atoms with Crippen LogP contribution < -0.4 is 11.3 Å². The first-order chi connectivity index (χ1) is 10.2. The molecule has 0 amide bonds. The zero-order chi connectivity index (χ0) is 14.8. The van der Waals surface area contributed by atoms with Crippen LogP contribution >= 0.6 is 0 Å². The molecule has 2 aromatic rings. The molecule has 1 unspecified atom stereocenters. The summed E-state index contributed by atoms with van der Waals surface area (Å²) in [5, 5.41) is 14.4. The Morgan fingerprint density at radius 1 is 1.52 bits per heavy atom. The van der Waals surface area contributed by atoms with E-state index in [4.69, 9.17) is 10.6 Å². The smallest absolute Gasteiger partial charge is 0.163 e. The number of nitrogens with zero attached hydrogens (tertiary/aromatic N) is 5. The van der Waals surface area contributed by atoms with E-state index in [2.05, 4.69) is 25.4 Å². The van der Waals surface area contributed by atoms with Crippen molar-refractivity contribution in [1.29, 1.82) is 0 Å². The van der Waals surface area contributed by atoms with Crippen LogP contribution in [-0.2, 0) is 18.3 Å². The van der Waals surface area contributed by atoms with Crippen molar-refractivity contribution in [2.24, 2.45) is 12.9 Å². The molecule has 0 aliphatic carbocycles. The van der Waals surface area contributed by atoms with Crippen LogP contribution in [0.2, 0.25) is 0 Å². The third-order valence-electron chi connectivity index (χ3n) is 3.68. The van der Waals surface area contributed by atoms with Gasteiger partial charge in [0.25, 0.3) is 0 Å². The van der Waals surface area contributed by atoms with E-state index in [1.165, 1.54) is 0 Å². The van der Waals surface area contributed by atoms with Gasteiger partial charge in [0.15, 0.2) is 11.5 Å². The monoisotopic (exact) mass is 293 g/mol. The number of nitrogens with one attached hydrogen (secondary N) is 1. The Bertz CT molecular complexity index is 629. The van der Waals surface area contributed by atoms with Gasteiger partial charge in [-0.25, -0.2) is 15.8 Å². The Balaban J connectivity index is 1.91. The molecule has 4 N–H and O–H groups in total. The van der Waals surface area contributed by atoms with Gasteiger partial charge in [0, 0.05) is 13.6 Å². The van der Waals surface area contributed by atoms with Gasteiger partial charge in [0.1, 0.15) is 5.82 Å². The Morgan fingerprint density at radius 3 is 3.14 bits per heavy atom. The number of morpholine rings is 1. The van der Waals surface area contributed by atoms with Gasteiger partial charge in [-0.15, -0.1) is 0 Å². The molecule has 1 aliphatic rings. The fourth-order valence-electron chi connectivity index (χ4n) is 2.50. The largest absolute Gasteiger partial charge is 0.395 e. The van der Waals surface area contributed by atoms with E-state index in [0.29, 0.717) is 31.4 Å². The van der Waals surface area contributed by atoms with Crippen molar-refractivity contribution >= 4 is 16.9 Å². The van der Waals surface area contributed by atoms with Crippen molar-refractivity contribution in [3.05, 3.63) is 12.0 Å². The Hall–Kier alpha value is -1.81. The lowest BCUT2D eigenvalue weighted by Gasteiger charge is -2.33. The first-order valence-corrected chi connectivity index (χ1v) is 6.81. The fourth-order valence-corrected chi connectivity index (χ4v) is 2.50. The summed E-state index contributed by atoms with van der Waals surface area (Å²) in [4.78, 5) is 11.1. The molecule has 9 heteroatoms. The molecule has 3 rings (SSSR count). The number of rotatable bonds is 4. The van der Waals surface area contributed by atoms with Gasteiger partial charge in [-0.1, -0.05) is 0 Å². The second-order valence-electron chi connectivity index (χ2n) is 5.02. The third kappa shape index (κ3) is 2.68. The summed E-state index contributed by atoms with van der Waals surface area (Å²) in [5.41, 5.74) is 3.31. The minimum Gasteiger partial charge on any atom is -0.395 e. The summed E-state index contributed by atoms with van der Waals surface area (Å²) in [6.45, 7) is 2.49. The zero-order valence-electron chi connectivity index (χ0n) is 11.9. The number of fused-ring (bicyclic) bond motifs is 1. The molecule has 0 radical (unpaired) electrons. The van der Waals surface area contributed by atoms with Gasteiger partial charge in [-0.3, -0.25) is 9.58 Å². The number of hydrogen-bond acceptors (Lipinski definition) is 8. The van der Waals surface area contributed by atoms with E-state index in [1.807, 2.05) is 7.05 Å². The van der Waals surface area contributed by atoms with Gasteiger partial charge >= 0.3 is 0 Å². The van der Waals surface area contributed by atoms with Gasteiger partial charge in [0.2, 0.25) is 0 Å². The lowest BCUT2D eigenvalue weighted by molar-refractivity contribution is -0.0322. The first-order valence-electron chi connectivity index (χ1n) is 6.81. The van der Waals surface area contributed by atoms with Gasteiger partial charge in [0.05, 0.1) is 44.0 Å². The highest BCUT2D eigenvalue weighted by atomic mass is 16.5. The molecule has 2 aromatic heterocycles. The van der Waals surface area contributed by atoms with E-state index in [1.54, 1.807) is 10.9 Å². The number of ether oxygens (including phenoxy) is 1. The van der Waals surface area contributed by atoms with Crippen LogP contribution in [0.25, 0.3) is 11.0 Å². The van der Waals surface area contributed by atoms with Crippen LogP contribution in [0, 0.1) is 0 Å². The van der Waals surface area contributed by atoms with Crippen LogP contribution in [-0.4, -0.2) is 62.2 Å². The summed E-state index contributed by atoms with van der Waals surface area (Å²) in [5.74, 6) is 6.72. The maximum absolute atomic E-state index is 9.41. The zero-order valence-corrected chi connectivity index (χ0v) is 11.9. The van der Waals surface area contributed by atoms with Gasteiger partial charge in [-0.05, 0) is 0 Å². The summed E-state index contributed by atoms with van der Waals surface area (Å²) in [6, 6.07) is -0.0288. The Morgan fingerprint density at radius 2 is 2.38 bits per heavy atom. The van der Waals surface area contributed by atoms with E-state index >= 15 is 0 Å². The van der Waals surface area contributed by atoms with Gasteiger partial charge < -0.3 is 15.3 Å². The molecule has 0 saturated carbocycles. The lowest BCUT2D eigenvalue weighted by atomic mass is 10.2. The molecular formula is C12H19N7O2. The Kier molecular flexibility index (Phi) is 3.97. The van der Waals surface area contributed by atoms with Crippen molar-refractivity contribution in [3.8, 4) is 0 Å². The molecule has 1 aliphatic heterocycles. The number of hydrazine groups is 1. The fraction of sp³-hybridized carbons (Fsp3) is 0.583. The molecule has 1 fully saturated rings. The van der Waals surface area contributed by atoms with Crippen molar-refractivity contribution in [2.75, 3.05) is 31.8 Å². The maximum Gasteiger partial charge on any atom is 0.163 e. The average Bonchev–Trinajstić information content (AvgIpc) is 2.89. The van der Waals surface area contributed by atoms with Crippen molar-refractivity contribution in [3.63, 3.8) is 0 Å².